The highest BCUT2D eigenvalue weighted by Crippen LogP contribution is 2.33. The molecule has 2 aromatic rings. The van der Waals surface area contributed by atoms with Crippen LogP contribution in [-0.4, -0.2) is 85.6 Å². The summed E-state index contributed by atoms with van der Waals surface area (Å²) in [4.78, 5) is 45.0. The summed E-state index contributed by atoms with van der Waals surface area (Å²) in [5.74, 6) is 0.128. The quantitative estimate of drug-likeness (QED) is 0.375. The number of hydrogen-bond donors (Lipinski definition) is 1. The molecule has 2 aliphatic rings. The van der Waals surface area contributed by atoms with Crippen LogP contribution in [0.1, 0.15) is 28.9 Å². The number of ether oxygens (including phenoxy) is 2. The number of piperazine rings is 1. The number of urea groups is 1. The Labute approximate surface area is 233 Å². The van der Waals surface area contributed by atoms with Crippen LogP contribution in [0.2, 0.25) is 5.02 Å². The predicted octanol–water partition coefficient (Wildman–Crippen LogP) is 3.88. The van der Waals surface area contributed by atoms with Gasteiger partial charge in [-0.05, 0) is 48.9 Å². The Hall–Kier alpha value is -3.82. The summed E-state index contributed by atoms with van der Waals surface area (Å²) < 4.78 is 10.7. The lowest BCUT2D eigenvalue weighted by atomic mass is 9.94. The Balaban J connectivity index is 1.61. The number of carbonyl (C=O) groups is 3. The number of halogens is 1. The summed E-state index contributed by atoms with van der Waals surface area (Å²) >= 11 is 5.96. The van der Waals surface area contributed by atoms with Gasteiger partial charge in [-0.15, -0.1) is 6.58 Å². The van der Waals surface area contributed by atoms with E-state index in [1.807, 2.05) is 12.1 Å². The summed E-state index contributed by atoms with van der Waals surface area (Å²) in [5, 5.41) is 3.54. The molecular formula is C29H33ClN4O5. The molecule has 0 bridgehead atoms. The van der Waals surface area contributed by atoms with Gasteiger partial charge in [-0.3, -0.25) is 14.6 Å². The fourth-order valence-electron chi connectivity index (χ4n) is 4.79. The van der Waals surface area contributed by atoms with Crippen LogP contribution in [0.15, 0.2) is 72.5 Å². The SMILES string of the molecule is C=CCN1C(=O)NC(c2ccc(OC)cc2)C(C(=O)OCC)=C1CN1CCN(C(=O)c2ccc(Cl)cc2)CC1. The molecule has 9 nitrogen and oxygen atoms in total. The van der Waals surface area contributed by atoms with E-state index in [2.05, 4.69) is 16.8 Å². The molecule has 2 heterocycles. The molecule has 3 amide bonds. The fourth-order valence-corrected chi connectivity index (χ4v) is 4.91. The average Bonchev–Trinajstić information content (AvgIpc) is 2.95. The summed E-state index contributed by atoms with van der Waals surface area (Å²) in [7, 11) is 1.58. The largest absolute Gasteiger partial charge is 0.497 e. The van der Waals surface area contributed by atoms with Crippen LogP contribution in [0.3, 0.4) is 0 Å². The number of nitrogens with one attached hydrogen (secondary N) is 1. The number of amides is 3. The lowest BCUT2D eigenvalue weighted by Crippen LogP contribution is -2.53. The molecule has 2 aliphatic heterocycles. The number of rotatable bonds is 9. The Morgan fingerprint density at radius 2 is 1.74 bits per heavy atom. The second-order valence-electron chi connectivity index (χ2n) is 9.21. The third-order valence-corrected chi connectivity index (χ3v) is 7.07. The predicted molar refractivity (Wildman–Crippen MR) is 149 cm³/mol. The topological polar surface area (TPSA) is 91.4 Å². The van der Waals surface area contributed by atoms with Gasteiger partial charge in [0, 0.05) is 55.6 Å². The molecule has 1 N–H and O–H groups in total. The van der Waals surface area contributed by atoms with E-state index in [-0.39, 0.29) is 25.1 Å². The molecule has 1 saturated heterocycles. The van der Waals surface area contributed by atoms with Gasteiger partial charge in [-0.25, -0.2) is 9.59 Å². The zero-order chi connectivity index (χ0) is 27.9. The number of nitrogens with zero attached hydrogens (tertiary/aromatic N) is 3. The maximum atomic E-state index is 13.3. The minimum atomic E-state index is -0.689. The normalized spacial score (nSPS) is 18.0. The average molecular weight is 553 g/mol. The third kappa shape index (κ3) is 6.43. The molecule has 0 saturated carbocycles. The van der Waals surface area contributed by atoms with E-state index >= 15 is 0 Å². The smallest absolute Gasteiger partial charge is 0.338 e. The van der Waals surface area contributed by atoms with Crippen LogP contribution in [0.5, 0.6) is 5.75 Å². The van der Waals surface area contributed by atoms with Crippen LogP contribution in [-0.2, 0) is 9.53 Å². The van der Waals surface area contributed by atoms with Crippen LogP contribution < -0.4 is 10.1 Å². The van der Waals surface area contributed by atoms with Crippen LogP contribution in [0.25, 0.3) is 0 Å². The molecule has 39 heavy (non-hydrogen) atoms. The van der Waals surface area contributed by atoms with Crippen molar-refractivity contribution < 1.29 is 23.9 Å². The van der Waals surface area contributed by atoms with Gasteiger partial charge in [0.2, 0.25) is 0 Å². The van der Waals surface area contributed by atoms with Gasteiger partial charge >= 0.3 is 12.0 Å². The lowest BCUT2D eigenvalue weighted by Gasteiger charge is -2.40. The van der Waals surface area contributed by atoms with Crippen LogP contribution >= 0.6 is 11.6 Å². The summed E-state index contributed by atoms with van der Waals surface area (Å²) in [5.41, 5.74) is 2.27. The first-order chi connectivity index (χ1) is 18.9. The number of carbonyl (C=O) groups excluding carboxylic acids is 3. The minimum absolute atomic E-state index is 0.0531. The van der Waals surface area contributed by atoms with Crippen molar-refractivity contribution in [3.05, 3.63) is 88.6 Å². The van der Waals surface area contributed by atoms with Crippen LogP contribution in [0.4, 0.5) is 4.79 Å². The maximum Gasteiger partial charge on any atom is 0.338 e. The zero-order valence-corrected chi connectivity index (χ0v) is 22.9. The van der Waals surface area contributed by atoms with Gasteiger partial charge in [0.05, 0.1) is 25.3 Å². The highest BCUT2D eigenvalue weighted by molar-refractivity contribution is 6.30. The molecular weight excluding hydrogens is 520 g/mol. The van der Waals surface area contributed by atoms with E-state index in [0.717, 1.165) is 5.56 Å². The van der Waals surface area contributed by atoms with E-state index in [9.17, 15) is 14.4 Å². The molecule has 0 aliphatic carbocycles. The van der Waals surface area contributed by atoms with Crippen molar-refractivity contribution >= 4 is 29.5 Å². The summed E-state index contributed by atoms with van der Waals surface area (Å²) in [6, 6.07) is 13.1. The summed E-state index contributed by atoms with van der Waals surface area (Å²) in [6.07, 6.45) is 1.62. The fraction of sp³-hybridized carbons (Fsp3) is 0.345. The first-order valence-corrected chi connectivity index (χ1v) is 13.2. The van der Waals surface area contributed by atoms with Crippen molar-refractivity contribution in [1.82, 2.24) is 20.0 Å². The van der Waals surface area contributed by atoms with Crippen molar-refractivity contribution in [1.29, 1.82) is 0 Å². The molecule has 1 unspecified atom stereocenters. The molecule has 1 fully saturated rings. The first kappa shape index (κ1) is 28.2. The Kier molecular flexibility index (Phi) is 9.27. The molecule has 206 valence electrons. The Morgan fingerprint density at radius 1 is 1.08 bits per heavy atom. The van der Waals surface area contributed by atoms with Gasteiger partial charge < -0.3 is 19.7 Å². The van der Waals surface area contributed by atoms with E-state index in [4.69, 9.17) is 21.1 Å². The monoisotopic (exact) mass is 552 g/mol. The third-order valence-electron chi connectivity index (χ3n) is 6.82. The molecule has 0 radical (unpaired) electrons. The molecule has 0 aromatic heterocycles. The van der Waals surface area contributed by atoms with Crippen LogP contribution in [0, 0.1) is 0 Å². The van der Waals surface area contributed by atoms with Crippen molar-refractivity contribution in [2.45, 2.75) is 13.0 Å². The molecule has 1 atom stereocenters. The molecule has 4 rings (SSSR count). The van der Waals surface area contributed by atoms with E-state index in [1.165, 1.54) is 4.90 Å². The van der Waals surface area contributed by atoms with Crippen molar-refractivity contribution in [2.75, 3.05) is 53.0 Å². The number of methoxy groups -OCH3 is 1. The standard InChI is InChI=1S/C29H33ClN4O5/c1-4-14-34-24(19-32-15-17-33(18-16-32)27(35)21-6-10-22(30)11-7-21)25(28(36)39-5-2)26(31-29(34)37)20-8-12-23(38-3)13-9-20/h4,6-13,26H,1,5,14-19H2,2-3H3,(H,31,37). The van der Waals surface area contributed by atoms with Gasteiger partial charge in [0.15, 0.2) is 0 Å². The lowest BCUT2D eigenvalue weighted by molar-refractivity contribution is -0.139. The second kappa shape index (κ2) is 12.8. The minimum Gasteiger partial charge on any atom is -0.497 e. The Bertz CT molecular complexity index is 1240. The van der Waals surface area contributed by atoms with Gasteiger partial charge in [0.25, 0.3) is 5.91 Å². The van der Waals surface area contributed by atoms with E-state index in [1.54, 1.807) is 61.4 Å². The first-order valence-electron chi connectivity index (χ1n) is 12.9. The molecule has 0 spiro atoms. The van der Waals surface area contributed by atoms with Gasteiger partial charge in [0.1, 0.15) is 5.75 Å². The maximum absolute atomic E-state index is 13.3. The highest BCUT2D eigenvalue weighted by Gasteiger charge is 2.39. The molecule has 2 aromatic carbocycles. The van der Waals surface area contributed by atoms with E-state index in [0.29, 0.717) is 60.3 Å². The molecule has 10 heteroatoms. The Morgan fingerprint density at radius 3 is 2.33 bits per heavy atom. The highest BCUT2D eigenvalue weighted by atomic mass is 35.5. The second-order valence-corrected chi connectivity index (χ2v) is 9.65. The van der Waals surface area contributed by atoms with Gasteiger partial charge in [-0.2, -0.15) is 0 Å². The number of benzene rings is 2. The van der Waals surface area contributed by atoms with Gasteiger partial charge in [-0.1, -0.05) is 29.8 Å². The van der Waals surface area contributed by atoms with Crippen molar-refractivity contribution in [2.24, 2.45) is 0 Å². The van der Waals surface area contributed by atoms with Crippen molar-refractivity contribution in [3.63, 3.8) is 0 Å². The summed E-state index contributed by atoms with van der Waals surface area (Å²) in [6.45, 7) is 8.50. The number of hydrogen-bond acceptors (Lipinski definition) is 6. The number of esters is 1. The zero-order valence-electron chi connectivity index (χ0n) is 22.2. The van der Waals surface area contributed by atoms with Crippen molar-refractivity contribution in [3.8, 4) is 5.75 Å². The van der Waals surface area contributed by atoms with E-state index < -0.39 is 12.0 Å².